The number of para-hydroxylation sites is 1. The summed E-state index contributed by atoms with van der Waals surface area (Å²) in [7, 11) is 0. The maximum absolute atomic E-state index is 12.2. The van der Waals surface area contributed by atoms with Crippen LogP contribution in [0.4, 0.5) is 0 Å². The van der Waals surface area contributed by atoms with Crippen molar-refractivity contribution in [3.8, 4) is 5.75 Å². The van der Waals surface area contributed by atoms with Crippen LogP contribution in [0.2, 0.25) is 5.02 Å². The van der Waals surface area contributed by atoms with Crippen molar-refractivity contribution in [3.05, 3.63) is 53.4 Å². The van der Waals surface area contributed by atoms with Crippen molar-refractivity contribution in [2.24, 2.45) is 0 Å². The fourth-order valence-corrected chi connectivity index (χ4v) is 2.71. The molecule has 0 N–H and O–H groups in total. The van der Waals surface area contributed by atoms with Crippen LogP contribution >= 0.6 is 11.6 Å². The van der Waals surface area contributed by atoms with Crippen molar-refractivity contribution in [2.45, 2.75) is 0 Å². The minimum atomic E-state index is -0.120. The number of amides is 2. The molecule has 2 aromatic rings. The van der Waals surface area contributed by atoms with Crippen molar-refractivity contribution in [1.29, 1.82) is 0 Å². The highest BCUT2D eigenvalue weighted by molar-refractivity contribution is 6.32. The molecular weight excluding hydrogens is 332 g/mol. The fraction of sp³-hybridized carbons (Fsp3) is 0.294. The molecule has 0 spiro atoms. The molecule has 2 heterocycles. The molecule has 1 aromatic carbocycles. The first-order valence-electron chi connectivity index (χ1n) is 7.62. The van der Waals surface area contributed by atoms with E-state index in [1.165, 1.54) is 12.5 Å². The van der Waals surface area contributed by atoms with Gasteiger partial charge in [0, 0.05) is 26.2 Å². The molecule has 1 aliphatic rings. The number of benzene rings is 1. The maximum atomic E-state index is 12.2. The summed E-state index contributed by atoms with van der Waals surface area (Å²) in [6.45, 7) is 1.87. The van der Waals surface area contributed by atoms with Crippen LogP contribution in [-0.2, 0) is 4.79 Å². The van der Waals surface area contributed by atoms with E-state index in [1.54, 1.807) is 40.1 Å². The Morgan fingerprint density at radius 3 is 2.46 bits per heavy atom. The van der Waals surface area contributed by atoms with E-state index in [-0.39, 0.29) is 18.4 Å². The summed E-state index contributed by atoms with van der Waals surface area (Å²) in [5, 5.41) is 0.473. The Bertz CT molecular complexity index is 709. The lowest BCUT2D eigenvalue weighted by molar-refractivity contribution is -0.134. The standard InChI is InChI=1S/C17H17ClN2O4/c18-14-3-1-2-4-15(14)24-12-16(21)19-6-8-20(9-7-19)17(22)13-5-10-23-11-13/h1-5,10-11H,6-9,12H2. The molecule has 7 heteroatoms. The zero-order valence-electron chi connectivity index (χ0n) is 13.0. The van der Waals surface area contributed by atoms with Gasteiger partial charge in [-0.05, 0) is 18.2 Å². The molecular formula is C17H17ClN2O4. The van der Waals surface area contributed by atoms with E-state index in [2.05, 4.69) is 0 Å². The average molecular weight is 349 g/mol. The summed E-state index contributed by atoms with van der Waals surface area (Å²) in [6, 6.07) is 8.66. The lowest BCUT2D eigenvalue weighted by atomic mass is 10.2. The van der Waals surface area contributed by atoms with Gasteiger partial charge in [0.15, 0.2) is 6.61 Å². The van der Waals surface area contributed by atoms with E-state index in [9.17, 15) is 9.59 Å². The van der Waals surface area contributed by atoms with E-state index in [0.29, 0.717) is 42.5 Å². The van der Waals surface area contributed by atoms with Crippen LogP contribution in [0.5, 0.6) is 5.75 Å². The molecule has 1 saturated heterocycles. The number of carbonyl (C=O) groups excluding carboxylic acids is 2. The van der Waals surface area contributed by atoms with Gasteiger partial charge < -0.3 is 19.0 Å². The summed E-state index contributed by atoms with van der Waals surface area (Å²) >= 11 is 5.99. The van der Waals surface area contributed by atoms with Gasteiger partial charge in [-0.15, -0.1) is 0 Å². The van der Waals surface area contributed by atoms with Gasteiger partial charge in [0.2, 0.25) is 0 Å². The second kappa shape index (κ2) is 7.40. The van der Waals surface area contributed by atoms with E-state index in [0.717, 1.165) is 0 Å². The fourth-order valence-electron chi connectivity index (χ4n) is 2.52. The Balaban J connectivity index is 1.48. The van der Waals surface area contributed by atoms with Crippen LogP contribution in [0.15, 0.2) is 47.3 Å². The molecule has 1 aliphatic heterocycles. The number of rotatable bonds is 4. The van der Waals surface area contributed by atoms with Crippen LogP contribution in [0.3, 0.4) is 0 Å². The molecule has 6 nitrogen and oxygen atoms in total. The number of piperazine rings is 1. The summed E-state index contributed by atoms with van der Waals surface area (Å²) < 4.78 is 10.4. The van der Waals surface area contributed by atoms with E-state index >= 15 is 0 Å². The first kappa shape index (κ1) is 16.4. The SMILES string of the molecule is O=C(COc1ccccc1Cl)N1CCN(C(=O)c2ccoc2)CC1. The number of hydrogen-bond donors (Lipinski definition) is 0. The maximum Gasteiger partial charge on any atom is 0.260 e. The van der Waals surface area contributed by atoms with Gasteiger partial charge in [0.05, 0.1) is 16.8 Å². The molecule has 2 amide bonds. The quantitative estimate of drug-likeness (QED) is 0.850. The molecule has 0 atom stereocenters. The van der Waals surface area contributed by atoms with Gasteiger partial charge in [-0.1, -0.05) is 23.7 Å². The Hall–Kier alpha value is -2.47. The second-order valence-corrected chi connectivity index (χ2v) is 5.81. The molecule has 1 aromatic heterocycles. The van der Waals surface area contributed by atoms with Gasteiger partial charge in [-0.2, -0.15) is 0 Å². The first-order valence-corrected chi connectivity index (χ1v) is 7.99. The summed E-state index contributed by atoms with van der Waals surface area (Å²) in [6.07, 6.45) is 2.90. The number of nitrogens with zero attached hydrogens (tertiary/aromatic N) is 2. The van der Waals surface area contributed by atoms with Crippen molar-refractivity contribution in [2.75, 3.05) is 32.8 Å². The monoisotopic (exact) mass is 348 g/mol. The Morgan fingerprint density at radius 1 is 1.08 bits per heavy atom. The third-order valence-corrected chi connectivity index (χ3v) is 4.19. The summed E-state index contributed by atoms with van der Waals surface area (Å²) in [5.74, 6) is 0.287. The van der Waals surface area contributed by atoms with Gasteiger partial charge in [-0.3, -0.25) is 9.59 Å². The Kier molecular flexibility index (Phi) is 5.05. The highest BCUT2D eigenvalue weighted by Crippen LogP contribution is 2.23. The number of carbonyl (C=O) groups is 2. The number of hydrogen-bond acceptors (Lipinski definition) is 4. The van der Waals surface area contributed by atoms with Gasteiger partial charge in [-0.25, -0.2) is 0 Å². The zero-order valence-corrected chi connectivity index (χ0v) is 13.7. The number of furan rings is 1. The van der Waals surface area contributed by atoms with Crippen LogP contribution in [0, 0.1) is 0 Å². The molecule has 0 saturated carbocycles. The molecule has 1 fully saturated rings. The van der Waals surface area contributed by atoms with Crippen molar-refractivity contribution >= 4 is 23.4 Å². The van der Waals surface area contributed by atoms with E-state index in [4.69, 9.17) is 20.8 Å². The highest BCUT2D eigenvalue weighted by atomic mass is 35.5. The molecule has 0 radical (unpaired) electrons. The lowest BCUT2D eigenvalue weighted by Crippen LogP contribution is -2.51. The highest BCUT2D eigenvalue weighted by Gasteiger charge is 2.25. The van der Waals surface area contributed by atoms with E-state index in [1.807, 2.05) is 0 Å². The lowest BCUT2D eigenvalue weighted by Gasteiger charge is -2.34. The molecule has 3 rings (SSSR count). The van der Waals surface area contributed by atoms with Crippen molar-refractivity contribution in [1.82, 2.24) is 9.80 Å². The molecule has 126 valence electrons. The van der Waals surface area contributed by atoms with Gasteiger partial charge in [0.1, 0.15) is 12.0 Å². The zero-order chi connectivity index (χ0) is 16.9. The van der Waals surface area contributed by atoms with Crippen LogP contribution < -0.4 is 4.74 Å². The minimum Gasteiger partial charge on any atom is -0.482 e. The minimum absolute atomic E-state index is 0.0700. The normalized spacial score (nSPS) is 14.5. The molecule has 0 aliphatic carbocycles. The third kappa shape index (κ3) is 3.71. The summed E-state index contributed by atoms with van der Waals surface area (Å²) in [5.41, 5.74) is 0.525. The predicted molar refractivity (Wildman–Crippen MR) is 88.1 cm³/mol. The van der Waals surface area contributed by atoms with Crippen molar-refractivity contribution < 1.29 is 18.7 Å². The van der Waals surface area contributed by atoms with Gasteiger partial charge in [0.25, 0.3) is 11.8 Å². The van der Waals surface area contributed by atoms with E-state index < -0.39 is 0 Å². The molecule has 0 unspecified atom stereocenters. The smallest absolute Gasteiger partial charge is 0.260 e. The second-order valence-electron chi connectivity index (χ2n) is 5.40. The van der Waals surface area contributed by atoms with Gasteiger partial charge >= 0.3 is 0 Å². The van der Waals surface area contributed by atoms with Crippen LogP contribution in [-0.4, -0.2) is 54.4 Å². The molecule has 24 heavy (non-hydrogen) atoms. The van der Waals surface area contributed by atoms with Crippen LogP contribution in [0.25, 0.3) is 0 Å². The van der Waals surface area contributed by atoms with Crippen LogP contribution in [0.1, 0.15) is 10.4 Å². The predicted octanol–water partition coefficient (Wildman–Crippen LogP) is 2.30. The topological polar surface area (TPSA) is 63.0 Å². The Labute approximate surface area is 144 Å². The first-order chi connectivity index (χ1) is 11.6. The average Bonchev–Trinajstić information content (AvgIpc) is 3.15. The molecule has 0 bridgehead atoms. The third-order valence-electron chi connectivity index (χ3n) is 3.88. The largest absolute Gasteiger partial charge is 0.482 e. The number of halogens is 1. The Morgan fingerprint density at radius 2 is 1.79 bits per heavy atom. The summed E-state index contributed by atoms with van der Waals surface area (Å²) in [4.78, 5) is 27.8. The number of ether oxygens (including phenoxy) is 1. The van der Waals surface area contributed by atoms with Crippen molar-refractivity contribution in [3.63, 3.8) is 0 Å².